The van der Waals surface area contributed by atoms with Gasteiger partial charge in [0, 0.05) is 12.1 Å². The summed E-state index contributed by atoms with van der Waals surface area (Å²) in [5.74, 6) is -0.155. The summed E-state index contributed by atoms with van der Waals surface area (Å²) in [5.41, 5.74) is 3.58. The van der Waals surface area contributed by atoms with Crippen LogP contribution in [0.3, 0.4) is 0 Å². The fourth-order valence-corrected chi connectivity index (χ4v) is 3.65. The quantitative estimate of drug-likeness (QED) is 0.505. The fourth-order valence-electron chi connectivity index (χ4n) is 3.65. The monoisotopic (exact) mass is 413 g/mol. The third-order valence-corrected chi connectivity index (χ3v) is 5.01. The molecule has 4 rings (SSSR count). The number of amides is 2. The third-order valence-electron chi connectivity index (χ3n) is 5.01. The van der Waals surface area contributed by atoms with Crippen LogP contribution < -0.4 is 16.0 Å². The SMILES string of the molecule is N#Cc1ccccc1Nc1cc(NC(=O)O)cc(C(=O)NC2Cc3ccccc3C2)n1. The molecule has 0 saturated carbocycles. The molecule has 0 saturated heterocycles. The molecule has 0 spiro atoms. The van der Waals surface area contributed by atoms with E-state index in [9.17, 15) is 14.9 Å². The minimum Gasteiger partial charge on any atom is -0.465 e. The molecular formula is C23H19N5O3. The average Bonchev–Trinajstić information content (AvgIpc) is 3.15. The Balaban J connectivity index is 1.58. The second-order valence-electron chi connectivity index (χ2n) is 7.19. The van der Waals surface area contributed by atoms with Crippen molar-refractivity contribution in [1.82, 2.24) is 10.3 Å². The molecule has 0 atom stereocenters. The third kappa shape index (κ3) is 4.62. The van der Waals surface area contributed by atoms with Crippen LogP contribution in [0.5, 0.6) is 0 Å². The Bertz CT molecular complexity index is 1180. The molecule has 0 aliphatic heterocycles. The van der Waals surface area contributed by atoms with Crippen molar-refractivity contribution in [3.05, 3.63) is 83.0 Å². The second-order valence-corrected chi connectivity index (χ2v) is 7.19. The lowest BCUT2D eigenvalue weighted by Gasteiger charge is -2.14. The van der Waals surface area contributed by atoms with E-state index in [1.807, 2.05) is 24.3 Å². The predicted octanol–water partition coefficient (Wildman–Crippen LogP) is 3.68. The Morgan fingerprint density at radius 3 is 2.39 bits per heavy atom. The van der Waals surface area contributed by atoms with Gasteiger partial charge in [-0.3, -0.25) is 10.1 Å². The maximum Gasteiger partial charge on any atom is 0.409 e. The molecule has 4 N–H and O–H groups in total. The van der Waals surface area contributed by atoms with Crippen molar-refractivity contribution in [3.8, 4) is 6.07 Å². The molecule has 0 fully saturated rings. The van der Waals surface area contributed by atoms with Gasteiger partial charge >= 0.3 is 6.09 Å². The van der Waals surface area contributed by atoms with Crippen LogP contribution in [-0.2, 0) is 12.8 Å². The van der Waals surface area contributed by atoms with Crippen LogP contribution in [0.1, 0.15) is 27.2 Å². The molecule has 8 nitrogen and oxygen atoms in total. The predicted molar refractivity (Wildman–Crippen MR) is 115 cm³/mol. The van der Waals surface area contributed by atoms with Crippen LogP contribution in [0.15, 0.2) is 60.7 Å². The van der Waals surface area contributed by atoms with E-state index < -0.39 is 12.0 Å². The normalized spacial score (nSPS) is 12.5. The number of fused-ring (bicyclic) bond motifs is 1. The highest BCUT2D eigenvalue weighted by molar-refractivity contribution is 5.95. The Kier molecular flexibility index (Phi) is 5.49. The molecule has 0 unspecified atom stereocenters. The van der Waals surface area contributed by atoms with Crippen molar-refractivity contribution in [2.75, 3.05) is 10.6 Å². The fraction of sp³-hybridized carbons (Fsp3) is 0.130. The number of benzene rings is 2. The van der Waals surface area contributed by atoms with Crippen LogP contribution in [0.4, 0.5) is 22.0 Å². The number of nitrogens with zero attached hydrogens (tertiary/aromatic N) is 2. The van der Waals surface area contributed by atoms with Crippen LogP contribution >= 0.6 is 0 Å². The van der Waals surface area contributed by atoms with Crippen molar-refractivity contribution < 1.29 is 14.7 Å². The summed E-state index contributed by atoms with van der Waals surface area (Å²) in [6.45, 7) is 0. The molecule has 8 heteroatoms. The van der Waals surface area contributed by atoms with Gasteiger partial charge in [-0.05, 0) is 42.2 Å². The molecule has 1 heterocycles. The average molecular weight is 413 g/mol. The van der Waals surface area contributed by atoms with Gasteiger partial charge in [-0.2, -0.15) is 5.26 Å². The van der Waals surface area contributed by atoms with Crippen molar-refractivity contribution >= 4 is 29.2 Å². The van der Waals surface area contributed by atoms with Crippen LogP contribution in [0.25, 0.3) is 0 Å². The van der Waals surface area contributed by atoms with Gasteiger partial charge in [0.1, 0.15) is 17.6 Å². The summed E-state index contributed by atoms with van der Waals surface area (Å²) in [6.07, 6.45) is 0.206. The van der Waals surface area contributed by atoms with Crippen LogP contribution in [0, 0.1) is 11.3 Å². The topological polar surface area (TPSA) is 127 Å². The van der Waals surface area contributed by atoms with E-state index in [4.69, 9.17) is 5.11 Å². The van der Waals surface area contributed by atoms with Crippen molar-refractivity contribution in [3.63, 3.8) is 0 Å². The molecule has 1 aliphatic carbocycles. The molecule has 2 aromatic carbocycles. The number of para-hydroxylation sites is 1. The highest BCUT2D eigenvalue weighted by atomic mass is 16.4. The van der Waals surface area contributed by atoms with Crippen molar-refractivity contribution in [2.45, 2.75) is 18.9 Å². The first-order chi connectivity index (χ1) is 15.0. The lowest BCUT2D eigenvalue weighted by Crippen LogP contribution is -2.35. The van der Waals surface area contributed by atoms with E-state index >= 15 is 0 Å². The van der Waals surface area contributed by atoms with Gasteiger partial charge < -0.3 is 15.7 Å². The summed E-state index contributed by atoms with van der Waals surface area (Å²) in [7, 11) is 0. The lowest BCUT2D eigenvalue weighted by molar-refractivity contribution is 0.0933. The van der Waals surface area contributed by atoms with Crippen LogP contribution in [-0.4, -0.2) is 28.1 Å². The van der Waals surface area contributed by atoms with E-state index in [-0.39, 0.29) is 23.2 Å². The molecule has 154 valence electrons. The molecule has 31 heavy (non-hydrogen) atoms. The number of nitriles is 1. The first kappa shape index (κ1) is 19.9. The van der Waals surface area contributed by atoms with Crippen molar-refractivity contribution in [2.24, 2.45) is 0 Å². The van der Waals surface area contributed by atoms with Gasteiger partial charge in [-0.25, -0.2) is 9.78 Å². The number of hydrogen-bond acceptors (Lipinski definition) is 5. The number of anilines is 3. The minimum atomic E-state index is -1.26. The van der Waals surface area contributed by atoms with E-state index in [1.165, 1.54) is 23.3 Å². The number of carboxylic acid groups (broad SMARTS) is 1. The zero-order valence-electron chi connectivity index (χ0n) is 16.4. The molecule has 1 aromatic heterocycles. The minimum absolute atomic E-state index is 0.0569. The van der Waals surface area contributed by atoms with E-state index in [0.717, 1.165) is 12.8 Å². The second kappa shape index (κ2) is 8.55. The zero-order valence-corrected chi connectivity index (χ0v) is 16.4. The number of hydrogen-bond donors (Lipinski definition) is 4. The Morgan fingerprint density at radius 1 is 1.03 bits per heavy atom. The number of nitrogens with one attached hydrogen (secondary N) is 3. The van der Waals surface area contributed by atoms with E-state index in [1.54, 1.807) is 24.3 Å². The maximum absolute atomic E-state index is 12.9. The molecule has 0 bridgehead atoms. The standard InChI is InChI=1S/C23H19N5O3/c24-13-16-7-3-4-8-19(16)27-21-12-18(26-23(30)31)11-20(28-21)22(29)25-17-9-14-5-1-2-6-15(14)10-17/h1-8,11-12,17H,9-10H2,(H,25,29)(H,30,31)(H2,26,27,28). The van der Waals surface area contributed by atoms with Gasteiger partial charge in [-0.15, -0.1) is 0 Å². The summed E-state index contributed by atoms with van der Waals surface area (Å²) in [4.78, 5) is 28.4. The van der Waals surface area contributed by atoms with Crippen molar-refractivity contribution in [1.29, 1.82) is 5.26 Å². The van der Waals surface area contributed by atoms with Gasteiger partial charge in [0.2, 0.25) is 0 Å². The van der Waals surface area contributed by atoms with Gasteiger partial charge in [0.05, 0.1) is 16.9 Å². The summed E-state index contributed by atoms with van der Waals surface area (Å²) >= 11 is 0. The highest BCUT2D eigenvalue weighted by Gasteiger charge is 2.24. The highest BCUT2D eigenvalue weighted by Crippen LogP contribution is 2.24. The number of carbonyl (C=O) groups is 2. The summed E-state index contributed by atoms with van der Waals surface area (Å²) < 4.78 is 0. The maximum atomic E-state index is 12.9. The Hall–Kier alpha value is -4.38. The zero-order chi connectivity index (χ0) is 21.8. The van der Waals surface area contributed by atoms with Crippen LogP contribution in [0.2, 0.25) is 0 Å². The van der Waals surface area contributed by atoms with E-state index in [2.05, 4.69) is 27.0 Å². The molecule has 0 radical (unpaired) electrons. The summed E-state index contributed by atoms with van der Waals surface area (Å²) in [6, 6.07) is 19.7. The molecular weight excluding hydrogens is 394 g/mol. The van der Waals surface area contributed by atoms with Gasteiger partial charge in [0.15, 0.2) is 0 Å². The van der Waals surface area contributed by atoms with Gasteiger partial charge in [0.25, 0.3) is 5.91 Å². The number of pyridine rings is 1. The smallest absolute Gasteiger partial charge is 0.409 e. The first-order valence-corrected chi connectivity index (χ1v) is 9.67. The molecule has 3 aromatic rings. The summed E-state index contributed by atoms with van der Waals surface area (Å²) in [5, 5.41) is 26.6. The number of aromatic nitrogens is 1. The Morgan fingerprint density at radius 2 is 1.71 bits per heavy atom. The number of carbonyl (C=O) groups excluding carboxylic acids is 1. The first-order valence-electron chi connectivity index (χ1n) is 9.67. The largest absolute Gasteiger partial charge is 0.465 e. The molecule has 2 amide bonds. The molecule has 1 aliphatic rings. The van der Waals surface area contributed by atoms with E-state index in [0.29, 0.717) is 11.3 Å². The lowest BCUT2D eigenvalue weighted by atomic mass is 10.1. The Labute approximate surface area is 178 Å². The number of rotatable bonds is 5. The van der Waals surface area contributed by atoms with Gasteiger partial charge in [-0.1, -0.05) is 36.4 Å².